The van der Waals surface area contributed by atoms with Crippen LogP contribution in [-0.4, -0.2) is 27.1 Å². The number of para-hydroxylation sites is 2. The molecule has 4 rings (SSSR count). The third-order valence-corrected chi connectivity index (χ3v) is 6.27. The quantitative estimate of drug-likeness (QED) is 0.217. The van der Waals surface area contributed by atoms with Gasteiger partial charge in [-0.2, -0.15) is 0 Å². The van der Waals surface area contributed by atoms with Crippen LogP contribution >= 0.6 is 23.4 Å². The monoisotopic (exact) mass is 463 g/mol. The number of benzene rings is 3. The van der Waals surface area contributed by atoms with Crippen molar-refractivity contribution in [3.8, 4) is 22.8 Å². The minimum atomic E-state index is 0.105. The second-order valence-electron chi connectivity index (χ2n) is 8.43. The van der Waals surface area contributed by atoms with Gasteiger partial charge in [0.25, 0.3) is 0 Å². The Balaban J connectivity index is 1.57. The lowest BCUT2D eigenvalue weighted by Crippen LogP contribution is -2.10. The van der Waals surface area contributed by atoms with Gasteiger partial charge >= 0.3 is 0 Å². The van der Waals surface area contributed by atoms with E-state index in [2.05, 4.69) is 71.9 Å². The Morgan fingerprint density at radius 3 is 2.25 bits per heavy atom. The molecule has 0 atom stereocenters. The van der Waals surface area contributed by atoms with Gasteiger partial charge in [-0.1, -0.05) is 98.7 Å². The van der Waals surface area contributed by atoms with Gasteiger partial charge < -0.3 is 4.74 Å². The highest BCUT2D eigenvalue weighted by Crippen LogP contribution is 2.30. The summed E-state index contributed by atoms with van der Waals surface area (Å²) in [5, 5.41) is 10.5. The third kappa shape index (κ3) is 5.17. The lowest BCUT2D eigenvalue weighted by molar-refractivity contribution is 0.344. The molecule has 164 valence electrons. The number of nitrogens with zero attached hydrogens (tertiary/aromatic N) is 3. The second kappa shape index (κ2) is 9.80. The Bertz CT molecular complexity index is 1170. The predicted octanol–water partition coefficient (Wildman–Crippen LogP) is 7.06. The predicted molar refractivity (Wildman–Crippen MR) is 133 cm³/mol. The number of rotatable bonds is 7. The molecule has 0 N–H and O–H groups in total. The molecule has 1 heterocycles. The van der Waals surface area contributed by atoms with Crippen LogP contribution in [0.1, 0.15) is 26.3 Å². The Kier molecular flexibility index (Phi) is 6.87. The second-order valence-corrected chi connectivity index (χ2v) is 9.90. The van der Waals surface area contributed by atoms with Crippen LogP contribution in [0.15, 0.2) is 84.0 Å². The van der Waals surface area contributed by atoms with Gasteiger partial charge in [0.05, 0.1) is 11.6 Å². The number of thioether (sulfide) groups is 1. The molecule has 0 spiro atoms. The number of halogens is 1. The molecule has 0 aliphatic heterocycles. The lowest BCUT2D eigenvalue weighted by atomic mass is 9.87. The van der Waals surface area contributed by atoms with Crippen molar-refractivity contribution in [3.63, 3.8) is 0 Å². The van der Waals surface area contributed by atoms with Gasteiger partial charge in [0, 0.05) is 17.0 Å². The van der Waals surface area contributed by atoms with Gasteiger partial charge in [0.1, 0.15) is 5.75 Å². The molecule has 0 radical (unpaired) electrons. The number of hydrogen-bond donors (Lipinski definition) is 0. The van der Waals surface area contributed by atoms with Gasteiger partial charge in [0.2, 0.25) is 0 Å². The molecule has 0 amide bonds. The summed E-state index contributed by atoms with van der Waals surface area (Å²) in [5.41, 5.74) is 3.46. The van der Waals surface area contributed by atoms with Crippen molar-refractivity contribution in [2.75, 3.05) is 12.4 Å². The summed E-state index contributed by atoms with van der Waals surface area (Å²) in [6.45, 7) is 7.17. The van der Waals surface area contributed by atoms with E-state index < -0.39 is 0 Å². The molecule has 4 nitrogen and oxygen atoms in total. The van der Waals surface area contributed by atoms with Gasteiger partial charge in [-0.15, -0.1) is 10.2 Å². The van der Waals surface area contributed by atoms with Crippen LogP contribution in [0.2, 0.25) is 5.02 Å². The number of aromatic nitrogens is 3. The maximum absolute atomic E-state index is 6.18. The van der Waals surface area contributed by atoms with Crippen molar-refractivity contribution in [1.29, 1.82) is 0 Å². The van der Waals surface area contributed by atoms with Crippen LogP contribution in [0.3, 0.4) is 0 Å². The molecule has 0 saturated heterocycles. The Morgan fingerprint density at radius 2 is 1.56 bits per heavy atom. The van der Waals surface area contributed by atoms with E-state index in [-0.39, 0.29) is 5.41 Å². The van der Waals surface area contributed by atoms with Crippen molar-refractivity contribution in [1.82, 2.24) is 14.8 Å². The van der Waals surface area contributed by atoms with E-state index in [1.807, 2.05) is 42.5 Å². The summed E-state index contributed by atoms with van der Waals surface area (Å²) >= 11 is 7.79. The topological polar surface area (TPSA) is 39.9 Å². The molecule has 0 unspecified atom stereocenters. The Hall–Kier alpha value is -2.76. The Labute approximate surface area is 198 Å². The van der Waals surface area contributed by atoms with E-state index in [9.17, 15) is 0 Å². The summed E-state index contributed by atoms with van der Waals surface area (Å²) in [6.07, 6.45) is 0. The average Bonchev–Trinajstić information content (AvgIpc) is 3.22. The molecule has 6 heteroatoms. The zero-order chi connectivity index (χ0) is 22.6. The maximum atomic E-state index is 6.18. The summed E-state index contributed by atoms with van der Waals surface area (Å²) < 4.78 is 7.93. The fraction of sp³-hybridized carbons (Fsp3) is 0.231. The third-order valence-electron chi connectivity index (χ3n) is 5.07. The van der Waals surface area contributed by atoms with E-state index in [0.717, 1.165) is 28.0 Å². The minimum Gasteiger partial charge on any atom is -0.491 e. The molecular weight excluding hydrogens is 438 g/mol. The van der Waals surface area contributed by atoms with E-state index in [1.165, 1.54) is 5.56 Å². The van der Waals surface area contributed by atoms with E-state index in [4.69, 9.17) is 16.3 Å². The molecule has 0 fully saturated rings. The van der Waals surface area contributed by atoms with Crippen molar-refractivity contribution in [2.24, 2.45) is 0 Å². The molecule has 1 aromatic heterocycles. The zero-order valence-corrected chi connectivity index (χ0v) is 20.0. The first-order chi connectivity index (χ1) is 15.4. The fourth-order valence-corrected chi connectivity index (χ4v) is 4.28. The molecule has 4 aromatic rings. The molecular formula is C26H26ClN3OS. The van der Waals surface area contributed by atoms with Crippen molar-refractivity contribution in [2.45, 2.75) is 31.3 Å². The van der Waals surface area contributed by atoms with E-state index in [1.54, 1.807) is 11.8 Å². The highest BCUT2D eigenvalue weighted by molar-refractivity contribution is 7.99. The van der Waals surface area contributed by atoms with Crippen LogP contribution in [0, 0.1) is 0 Å². The first kappa shape index (κ1) is 22.4. The summed E-state index contributed by atoms with van der Waals surface area (Å²) in [5.74, 6) is 2.24. The standard InChI is InChI=1S/C26H26ClN3OS/c1-26(2,3)20-15-13-19(14-16-20)24-28-29-25(30(24)21-9-5-4-6-10-21)32-18-17-31-23-12-8-7-11-22(23)27/h4-16H,17-18H2,1-3H3. The van der Waals surface area contributed by atoms with Crippen molar-refractivity contribution >= 4 is 23.4 Å². The average molecular weight is 464 g/mol. The zero-order valence-electron chi connectivity index (χ0n) is 18.5. The highest BCUT2D eigenvalue weighted by Gasteiger charge is 2.18. The number of hydrogen-bond acceptors (Lipinski definition) is 4. The molecule has 0 saturated carbocycles. The van der Waals surface area contributed by atoms with Crippen LogP contribution in [-0.2, 0) is 5.41 Å². The van der Waals surface area contributed by atoms with Gasteiger partial charge in [0.15, 0.2) is 11.0 Å². The van der Waals surface area contributed by atoms with Crippen LogP contribution in [0.25, 0.3) is 17.1 Å². The largest absolute Gasteiger partial charge is 0.491 e. The van der Waals surface area contributed by atoms with Gasteiger partial charge in [-0.3, -0.25) is 4.57 Å². The summed E-state index contributed by atoms with van der Waals surface area (Å²) in [6, 6.07) is 26.3. The first-order valence-corrected chi connectivity index (χ1v) is 11.9. The van der Waals surface area contributed by atoms with Crippen LogP contribution < -0.4 is 4.74 Å². The van der Waals surface area contributed by atoms with E-state index in [0.29, 0.717) is 17.4 Å². The molecule has 32 heavy (non-hydrogen) atoms. The van der Waals surface area contributed by atoms with Crippen molar-refractivity contribution in [3.05, 3.63) is 89.4 Å². The Morgan fingerprint density at radius 1 is 0.875 bits per heavy atom. The molecule has 0 aliphatic rings. The summed E-state index contributed by atoms with van der Waals surface area (Å²) in [7, 11) is 0. The van der Waals surface area contributed by atoms with Gasteiger partial charge in [-0.05, 0) is 35.2 Å². The van der Waals surface area contributed by atoms with Gasteiger partial charge in [-0.25, -0.2) is 0 Å². The normalized spacial score (nSPS) is 11.5. The SMILES string of the molecule is CC(C)(C)c1ccc(-c2nnc(SCCOc3ccccc3Cl)n2-c2ccccc2)cc1. The van der Waals surface area contributed by atoms with Crippen molar-refractivity contribution < 1.29 is 4.74 Å². The minimum absolute atomic E-state index is 0.105. The fourth-order valence-electron chi connectivity index (χ4n) is 3.33. The molecule has 0 bridgehead atoms. The summed E-state index contributed by atoms with van der Waals surface area (Å²) in [4.78, 5) is 0. The lowest BCUT2D eigenvalue weighted by Gasteiger charge is -2.19. The van der Waals surface area contributed by atoms with Crippen LogP contribution in [0.4, 0.5) is 0 Å². The maximum Gasteiger partial charge on any atom is 0.196 e. The smallest absolute Gasteiger partial charge is 0.196 e. The van der Waals surface area contributed by atoms with E-state index >= 15 is 0 Å². The van der Waals surface area contributed by atoms with Crippen LogP contribution in [0.5, 0.6) is 5.75 Å². The first-order valence-electron chi connectivity index (χ1n) is 10.6. The molecule has 0 aliphatic carbocycles. The number of ether oxygens (including phenoxy) is 1. The molecule has 3 aromatic carbocycles. The highest BCUT2D eigenvalue weighted by atomic mass is 35.5.